The lowest BCUT2D eigenvalue weighted by Gasteiger charge is -2.25. The summed E-state index contributed by atoms with van der Waals surface area (Å²) in [6, 6.07) is 19.6. The van der Waals surface area contributed by atoms with Gasteiger partial charge in [-0.25, -0.2) is 0 Å². The fraction of sp³-hybridized carbons (Fsp3) is 0.158. The molecule has 0 fully saturated rings. The molecule has 0 amide bonds. The van der Waals surface area contributed by atoms with Crippen molar-refractivity contribution in [3.05, 3.63) is 54.6 Å². The van der Waals surface area contributed by atoms with Gasteiger partial charge in [0.2, 0.25) is 0 Å². The normalized spacial score (nSPS) is 12.7. The first-order chi connectivity index (χ1) is 10.7. The summed E-state index contributed by atoms with van der Waals surface area (Å²) in [5, 5.41) is 8.94. The minimum absolute atomic E-state index is 1.20. The van der Waals surface area contributed by atoms with Gasteiger partial charge in [-0.3, -0.25) is 0 Å². The van der Waals surface area contributed by atoms with E-state index in [0.29, 0.717) is 0 Å². The smallest absolute Gasteiger partial charge is 0.369 e. The number of benzene rings is 4. The Morgan fingerprint density at radius 1 is 0.682 bits per heavy atom. The lowest BCUT2D eigenvalue weighted by Crippen LogP contribution is -2.49. The SMILES string of the molecule is CO[Si](C)(OC)c1ccc2ccc3cccc4ccc1c2c34. The van der Waals surface area contributed by atoms with Crippen molar-refractivity contribution in [1.29, 1.82) is 0 Å². The van der Waals surface area contributed by atoms with E-state index in [2.05, 4.69) is 61.1 Å². The van der Waals surface area contributed by atoms with Gasteiger partial charge in [0, 0.05) is 19.4 Å². The second-order valence-electron chi connectivity index (χ2n) is 5.82. The highest BCUT2D eigenvalue weighted by Crippen LogP contribution is 2.34. The summed E-state index contributed by atoms with van der Waals surface area (Å²) < 4.78 is 11.6. The van der Waals surface area contributed by atoms with E-state index in [-0.39, 0.29) is 0 Å². The molecule has 0 atom stereocenters. The van der Waals surface area contributed by atoms with Crippen LogP contribution in [0.5, 0.6) is 0 Å². The van der Waals surface area contributed by atoms with Gasteiger partial charge in [0.25, 0.3) is 0 Å². The maximum atomic E-state index is 5.78. The molecule has 3 heteroatoms. The molecule has 22 heavy (non-hydrogen) atoms. The summed E-state index contributed by atoms with van der Waals surface area (Å²) in [6.45, 7) is 2.10. The van der Waals surface area contributed by atoms with E-state index in [1.54, 1.807) is 14.2 Å². The van der Waals surface area contributed by atoms with Crippen LogP contribution >= 0.6 is 0 Å². The van der Waals surface area contributed by atoms with Crippen LogP contribution in [0.4, 0.5) is 0 Å². The molecule has 0 saturated carbocycles. The van der Waals surface area contributed by atoms with Crippen molar-refractivity contribution >= 4 is 46.1 Å². The molecular formula is C19H18O2Si. The summed E-state index contributed by atoms with van der Waals surface area (Å²) in [5.74, 6) is 0. The number of rotatable bonds is 3. The molecule has 0 aliphatic rings. The lowest BCUT2D eigenvalue weighted by atomic mass is 9.94. The molecule has 0 bridgehead atoms. The summed E-state index contributed by atoms with van der Waals surface area (Å²) in [4.78, 5) is 0. The van der Waals surface area contributed by atoms with Gasteiger partial charge >= 0.3 is 8.56 Å². The molecule has 0 unspecified atom stereocenters. The summed E-state index contributed by atoms with van der Waals surface area (Å²) in [6.07, 6.45) is 0. The molecule has 2 nitrogen and oxygen atoms in total. The van der Waals surface area contributed by atoms with Gasteiger partial charge in [-0.05, 0) is 38.9 Å². The Kier molecular flexibility index (Phi) is 2.98. The average Bonchev–Trinajstić information content (AvgIpc) is 2.59. The van der Waals surface area contributed by atoms with E-state index in [0.717, 1.165) is 0 Å². The van der Waals surface area contributed by atoms with E-state index in [4.69, 9.17) is 8.85 Å². The van der Waals surface area contributed by atoms with Crippen LogP contribution in [-0.4, -0.2) is 22.8 Å². The first kappa shape index (κ1) is 13.7. The second kappa shape index (κ2) is 4.78. The second-order valence-corrected chi connectivity index (χ2v) is 9.07. The third-order valence-corrected chi connectivity index (χ3v) is 7.77. The Hall–Kier alpha value is -1.94. The molecule has 0 aliphatic heterocycles. The maximum Gasteiger partial charge on any atom is 0.369 e. The van der Waals surface area contributed by atoms with Crippen molar-refractivity contribution in [3.8, 4) is 0 Å². The molecule has 4 rings (SSSR count). The van der Waals surface area contributed by atoms with Crippen LogP contribution in [0.2, 0.25) is 6.55 Å². The van der Waals surface area contributed by atoms with E-state index in [1.807, 2.05) is 0 Å². The summed E-state index contributed by atoms with van der Waals surface area (Å²) in [5.41, 5.74) is 0. The molecule has 0 aliphatic carbocycles. The van der Waals surface area contributed by atoms with E-state index < -0.39 is 8.56 Å². The topological polar surface area (TPSA) is 18.5 Å². The Morgan fingerprint density at radius 3 is 1.86 bits per heavy atom. The van der Waals surface area contributed by atoms with Gasteiger partial charge in [-0.15, -0.1) is 0 Å². The fourth-order valence-electron chi connectivity index (χ4n) is 3.43. The van der Waals surface area contributed by atoms with Gasteiger partial charge < -0.3 is 8.85 Å². The van der Waals surface area contributed by atoms with Crippen LogP contribution in [-0.2, 0) is 8.85 Å². The van der Waals surface area contributed by atoms with Crippen LogP contribution in [0, 0.1) is 0 Å². The number of hydrogen-bond donors (Lipinski definition) is 0. The highest BCUT2D eigenvalue weighted by Gasteiger charge is 2.33. The lowest BCUT2D eigenvalue weighted by molar-refractivity contribution is 0.266. The van der Waals surface area contributed by atoms with Crippen molar-refractivity contribution in [2.24, 2.45) is 0 Å². The molecule has 0 N–H and O–H groups in total. The molecule has 4 aromatic rings. The Balaban J connectivity index is 2.22. The summed E-state index contributed by atoms with van der Waals surface area (Å²) in [7, 11) is 1.12. The molecule has 0 radical (unpaired) electrons. The van der Waals surface area contributed by atoms with E-state index in [1.165, 1.54) is 37.5 Å². The average molecular weight is 306 g/mol. The predicted octanol–water partition coefficient (Wildman–Crippen LogP) is 4.16. The molecule has 110 valence electrons. The van der Waals surface area contributed by atoms with Crippen LogP contribution < -0.4 is 5.19 Å². The van der Waals surface area contributed by atoms with Crippen LogP contribution in [0.3, 0.4) is 0 Å². The molecule has 0 saturated heterocycles. The van der Waals surface area contributed by atoms with Crippen LogP contribution in [0.15, 0.2) is 54.6 Å². The number of hydrogen-bond acceptors (Lipinski definition) is 2. The minimum atomic E-state index is -2.37. The predicted molar refractivity (Wildman–Crippen MR) is 95.4 cm³/mol. The third kappa shape index (κ3) is 1.73. The van der Waals surface area contributed by atoms with Gasteiger partial charge in [-0.2, -0.15) is 0 Å². The van der Waals surface area contributed by atoms with Crippen LogP contribution in [0.25, 0.3) is 32.3 Å². The highest BCUT2D eigenvalue weighted by atomic mass is 28.4. The van der Waals surface area contributed by atoms with Crippen molar-refractivity contribution in [2.45, 2.75) is 6.55 Å². The van der Waals surface area contributed by atoms with E-state index >= 15 is 0 Å². The third-order valence-electron chi connectivity index (χ3n) is 4.80. The molecule has 0 heterocycles. The molecule has 0 spiro atoms. The maximum absolute atomic E-state index is 5.78. The highest BCUT2D eigenvalue weighted by molar-refractivity contribution is 6.82. The first-order valence-corrected chi connectivity index (χ1v) is 9.77. The van der Waals surface area contributed by atoms with Gasteiger partial charge in [0.05, 0.1) is 0 Å². The zero-order valence-corrected chi connectivity index (χ0v) is 14.0. The zero-order valence-electron chi connectivity index (χ0n) is 13.0. The largest absolute Gasteiger partial charge is 0.394 e. The zero-order chi connectivity index (χ0) is 15.3. The van der Waals surface area contributed by atoms with E-state index in [9.17, 15) is 0 Å². The Morgan fingerprint density at radius 2 is 1.23 bits per heavy atom. The van der Waals surface area contributed by atoms with Gasteiger partial charge in [0.15, 0.2) is 0 Å². The standard InChI is InChI=1S/C19H18O2Si/c1-20-22(3,21-2)17-12-10-15-8-7-13-5-4-6-14-9-11-16(17)19(15)18(13)14/h4-12H,1-3H3. The van der Waals surface area contributed by atoms with Crippen molar-refractivity contribution in [2.75, 3.05) is 14.2 Å². The summed E-state index contributed by atoms with van der Waals surface area (Å²) >= 11 is 0. The minimum Gasteiger partial charge on any atom is -0.394 e. The first-order valence-electron chi connectivity index (χ1n) is 7.45. The Labute approximate surface area is 130 Å². The van der Waals surface area contributed by atoms with Gasteiger partial charge in [-0.1, -0.05) is 54.6 Å². The molecule has 4 aromatic carbocycles. The van der Waals surface area contributed by atoms with Crippen molar-refractivity contribution < 1.29 is 8.85 Å². The molecule has 0 aromatic heterocycles. The van der Waals surface area contributed by atoms with Gasteiger partial charge in [0.1, 0.15) is 0 Å². The van der Waals surface area contributed by atoms with Crippen molar-refractivity contribution in [3.63, 3.8) is 0 Å². The van der Waals surface area contributed by atoms with Crippen LogP contribution in [0.1, 0.15) is 0 Å². The fourth-order valence-corrected chi connectivity index (χ4v) is 5.12. The Bertz CT molecular complexity index is 957. The van der Waals surface area contributed by atoms with Crippen molar-refractivity contribution in [1.82, 2.24) is 0 Å². The molecular weight excluding hydrogens is 288 g/mol. The monoisotopic (exact) mass is 306 g/mol. The quantitative estimate of drug-likeness (QED) is 0.418.